The zero-order chi connectivity index (χ0) is 25.9. The number of hydrogen-bond donors (Lipinski definition) is 0. The van der Waals surface area contributed by atoms with Crippen LogP contribution in [0.15, 0.2) is 82.6 Å². The SMILES string of the molecule is COc1cccc(/C=C2\SC(=O)N(Cc3ccc([N+](=O)[O-])cc3)C2=O)c1OS(=O)(=O)c1ccccc1. The summed E-state index contributed by atoms with van der Waals surface area (Å²) in [7, 11) is -2.87. The van der Waals surface area contributed by atoms with Gasteiger partial charge in [0, 0.05) is 17.7 Å². The van der Waals surface area contributed by atoms with Crippen molar-refractivity contribution in [2.75, 3.05) is 7.11 Å². The van der Waals surface area contributed by atoms with Gasteiger partial charge in [-0.15, -0.1) is 0 Å². The second-order valence-corrected chi connectivity index (χ2v) is 9.96. The maximum absolute atomic E-state index is 13.0. The van der Waals surface area contributed by atoms with E-state index in [0.29, 0.717) is 17.3 Å². The Morgan fingerprint density at radius 3 is 2.33 bits per heavy atom. The van der Waals surface area contributed by atoms with Crippen molar-refractivity contribution in [2.45, 2.75) is 11.4 Å². The van der Waals surface area contributed by atoms with Crippen LogP contribution >= 0.6 is 11.8 Å². The molecule has 3 aromatic rings. The van der Waals surface area contributed by atoms with Crippen LogP contribution in [0.2, 0.25) is 0 Å². The molecule has 1 aliphatic rings. The highest BCUT2D eigenvalue weighted by molar-refractivity contribution is 8.18. The van der Waals surface area contributed by atoms with Gasteiger partial charge in [-0.05, 0) is 41.6 Å². The Kier molecular flexibility index (Phi) is 7.08. The Morgan fingerprint density at radius 1 is 1.00 bits per heavy atom. The summed E-state index contributed by atoms with van der Waals surface area (Å²) in [6, 6.07) is 17.7. The van der Waals surface area contributed by atoms with E-state index in [0.717, 1.165) is 4.90 Å². The Bertz CT molecular complexity index is 1470. The number of carbonyl (C=O) groups excluding carboxylic acids is 2. The summed E-state index contributed by atoms with van der Waals surface area (Å²) in [6.07, 6.45) is 1.36. The minimum atomic E-state index is -4.21. The molecule has 0 saturated carbocycles. The predicted molar refractivity (Wildman–Crippen MR) is 132 cm³/mol. The van der Waals surface area contributed by atoms with Gasteiger partial charge in [-0.2, -0.15) is 8.42 Å². The van der Waals surface area contributed by atoms with Gasteiger partial charge in [-0.25, -0.2) is 0 Å². The number of nitro benzene ring substituents is 1. The first-order chi connectivity index (χ1) is 17.2. The lowest BCUT2D eigenvalue weighted by atomic mass is 10.1. The maximum Gasteiger partial charge on any atom is 0.339 e. The van der Waals surface area contributed by atoms with Gasteiger partial charge in [-0.3, -0.25) is 24.6 Å². The van der Waals surface area contributed by atoms with Crippen molar-refractivity contribution in [2.24, 2.45) is 0 Å². The van der Waals surface area contributed by atoms with Gasteiger partial charge in [0.25, 0.3) is 16.8 Å². The third-order valence-electron chi connectivity index (χ3n) is 5.10. The van der Waals surface area contributed by atoms with Crippen molar-refractivity contribution < 1.29 is 31.9 Å². The average Bonchev–Trinajstić information content (AvgIpc) is 3.13. The van der Waals surface area contributed by atoms with Gasteiger partial charge in [0.05, 0.1) is 23.5 Å². The molecule has 184 valence electrons. The average molecular weight is 527 g/mol. The van der Waals surface area contributed by atoms with Crippen molar-refractivity contribution in [1.82, 2.24) is 4.90 Å². The molecule has 1 heterocycles. The summed E-state index contributed by atoms with van der Waals surface area (Å²) >= 11 is 0.685. The fourth-order valence-electron chi connectivity index (χ4n) is 3.32. The lowest BCUT2D eigenvalue weighted by molar-refractivity contribution is -0.384. The zero-order valence-electron chi connectivity index (χ0n) is 18.7. The normalized spacial score (nSPS) is 14.8. The number of hydrogen-bond acceptors (Lipinski definition) is 9. The number of nitro groups is 1. The van der Waals surface area contributed by atoms with E-state index in [1.165, 1.54) is 61.7 Å². The van der Waals surface area contributed by atoms with E-state index in [4.69, 9.17) is 8.92 Å². The van der Waals surface area contributed by atoms with E-state index in [9.17, 15) is 28.1 Å². The lowest BCUT2D eigenvalue weighted by Crippen LogP contribution is -2.27. The first-order valence-electron chi connectivity index (χ1n) is 10.3. The van der Waals surface area contributed by atoms with Crippen molar-refractivity contribution in [1.29, 1.82) is 0 Å². The van der Waals surface area contributed by atoms with Gasteiger partial charge in [0.1, 0.15) is 4.90 Å². The molecule has 0 bridgehead atoms. The summed E-state index contributed by atoms with van der Waals surface area (Å²) < 4.78 is 36.3. The number of nitrogens with zero attached hydrogens (tertiary/aromatic N) is 2. The van der Waals surface area contributed by atoms with E-state index in [-0.39, 0.29) is 39.1 Å². The quantitative estimate of drug-likeness (QED) is 0.179. The molecule has 12 heteroatoms. The monoisotopic (exact) mass is 526 g/mol. The standard InChI is InChI=1S/C24H18N2O8S2/c1-33-20-9-5-6-17(22(20)34-36(31,32)19-7-3-2-4-8-19)14-21-23(27)25(24(28)35-21)15-16-10-12-18(13-11-16)26(29)30/h2-14H,15H2,1H3/b21-14-. The third kappa shape index (κ3) is 5.24. The molecule has 4 rings (SSSR count). The molecule has 1 saturated heterocycles. The van der Waals surface area contributed by atoms with Crippen LogP contribution in [-0.4, -0.2) is 36.5 Å². The highest BCUT2D eigenvalue weighted by Gasteiger charge is 2.35. The zero-order valence-corrected chi connectivity index (χ0v) is 20.3. The van der Waals surface area contributed by atoms with Crippen molar-refractivity contribution in [3.8, 4) is 11.5 Å². The number of ether oxygens (including phenoxy) is 1. The predicted octanol–water partition coefficient (Wildman–Crippen LogP) is 4.61. The topological polar surface area (TPSA) is 133 Å². The molecule has 0 unspecified atom stereocenters. The van der Waals surface area contributed by atoms with Gasteiger partial charge in [-0.1, -0.05) is 42.5 Å². The van der Waals surface area contributed by atoms with Crippen LogP contribution in [0.5, 0.6) is 11.5 Å². The number of imide groups is 1. The highest BCUT2D eigenvalue weighted by Crippen LogP contribution is 2.39. The van der Waals surface area contributed by atoms with Crippen LogP contribution < -0.4 is 8.92 Å². The molecule has 0 spiro atoms. The Morgan fingerprint density at radius 2 is 1.69 bits per heavy atom. The molecule has 10 nitrogen and oxygen atoms in total. The highest BCUT2D eigenvalue weighted by atomic mass is 32.2. The second kappa shape index (κ2) is 10.2. The van der Waals surface area contributed by atoms with E-state index < -0.39 is 26.2 Å². The van der Waals surface area contributed by atoms with Gasteiger partial charge >= 0.3 is 10.1 Å². The van der Waals surface area contributed by atoms with Crippen LogP contribution in [0.25, 0.3) is 6.08 Å². The number of benzene rings is 3. The molecule has 1 fully saturated rings. The van der Waals surface area contributed by atoms with Gasteiger partial charge < -0.3 is 8.92 Å². The first kappa shape index (κ1) is 24.9. The molecular weight excluding hydrogens is 508 g/mol. The van der Waals surface area contributed by atoms with Crippen LogP contribution in [0.4, 0.5) is 10.5 Å². The summed E-state index contributed by atoms with van der Waals surface area (Å²) in [5.74, 6) is -0.609. The second-order valence-electron chi connectivity index (χ2n) is 7.42. The number of non-ortho nitro benzene ring substituents is 1. The van der Waals surface area contributed by atoms with E-state index in [2.05, 4.69) is 0 Å². The van der Waals surface area contributed by atoms with E-state index >= 15 is 0 Å². The largest absolute Gasteiger partial charge is 0.493 e. The molecule has 3 aromatic carbocycles. The smallest absolute Gasteiger partial charge is 0.339 e. The number of methoxy groups -OCH3 is 1. The number of carbonyl (C=O) groups is 2. The lowest BCUT2D eigenvalue weighted by Gasteiger charge is -2.14. The number of amides is 2. The number of thioether (sulfide) groups is 1. The molecule has 0 atom stereocenters. The summed E-state index contributed by atoms with van der Waals surface area (Å²) in [6.45, 7) is -0.0795. The van der Waals surface area contributed by atoms with Gasteiger partial charge in [0.15, 0.2) is 11.5 Å². The Labute approximate surface area is 210 Å². The molecule has 0 radical (unpaired) electrons. The molecule has 0 aromatic heterocycles. The third-order valence-corrected chi connectivity index (χ3v) is 7.25. The Hall–Kier alpha value is -4.16. The van der Waals surface area contributed by atoms with Crippen LogP contribution in [-0.2, 0) is 21.5 Å². The summed E-state index contributed by atoms with van der Waals surface area (Å²) in [5, 5.41) is 10.3. The van der Waals surface area contributed by atoms with Gasteiger partial charge in [0.2, 0.25) is 0 Å². The van der Waals surface area contributed by atoms with E-state index in [1.54, 1.807) is 24.3 Å². The molecule has 36 heavy (non-hydrogen) atoms. The summed E-state index contributed by atoms with van der Waals surface area (Å²) in [5.41, 5.74) is 0.641. The minimum absolute atomic E-state index is 0.0529. The molecule has 1 aliphatic heterocycles. The number of para-hydroxylation sites is 1. The molecule has 0 aliphatic carbocycles. The maximum atomic E-state index is 13.0. The van der Waals surface area contributed by atoms with Crippen LogP contribution in [0.1, 0.15) is 11.1 Å². The van der Waals surface area contributed by atoms with Crippen LogP contribution in [0.3, 0.4) is 0 Å². The molecular formula is C24H18N2O8S2. The molecule has 2 amide bonds. The van der Waals surface area contributed by atoms with Crippen LogP contribution in [0, 0.1) is 10.1 Å². The fourth-order valence-corrected chi connectivity index (χ4v) is 5.14. The number of rotatable bonds is 8. The fraction of sp³-hybridized carbons (Fsp3) is 0.0833. The minimum Gasteiger partial charge on any atom is -0.493 e. The Balaban J connectivity index is 1.63. The van der Waals surface area contributed by atoms with Crippen molar-refractivity contribution in [3.63, 3.8) is 0 Å². The van der Waals surface area contributed by atoms with E-state index in [1.807, 2.05) is 0 Å². The summed E-state index contributed by atoms with van der Waals surface area (Å²) in [4.78, 5) is 36.8. The van der Waals surface area contributed by atoms with Crippen molar-refractivity contribution >= 4 is 44.8 Å². The first-order valence-corrected chi connectivity index (χ1v) is 12.6. The molecule has 0 N–H and O–H groups in total. The van der Waals surface area contributed by atoms with Crippen molar-refractivity contribution in [3.05, 3.63) is 98.9 Å².